The molecule has 0 heterocycles. The van der Waals surface area contributed by atoms with Gasteiger partial charge in [0.15, 0.2) is 0 Å². The van der Waals surface area contributed by atoms with Crippen molar-refractivity contribution in [3.63, 3.8) is 0 Å². The number of rotatable bonds is 8. The summed E-state index contributed by atoms with van der Waals surface area (Å²) in [7, 11) is -3.56. The van der Waals surface area contributed by atoms with Gasteiger partial charge in [-0.3, -0.25) is 4.79 Å². The minimum absolute atomic E-state index is 0.00626. The predicted molar refractivity (Wildman–Crippen MR) is 99.8 cm³/mol. The van der Waals surface area contributed by atoms with Crippen LogP contribution in [0.2, 0.25) is 5.02 Å². The van der Waals surface area contributed by atoms with Gasteiger partial charge in [0.05, 0.1) is 11.3 Å². The molecule has 2 N–H and O–H groups in total. The van der Waals surface area contributed by atoms with E-state index in [1.165, 1.54) is 12.1 Å². The maximum atomic E-state index is 12.4. The van der Waals surface area contributed by atoms with E-state index in [0.717, 1.165) is 30.4 Å². The van der Waals surface area contributed by atoms with Gasteiger partial charge in [0.1, 0.15) is 0 Å². The Labute approximate surface area is 158 Å². The lowest BCUT2D eigenvalue weighted by molar-refractivity contribution is -0.136. The minimum Gasteiger partial charge on any atom is -0.481 e. The molecule has 0 saturated heterocycles. The zero-order valence-electron chi connectivity index (χ0n) is 14.1. The van der Waals surface area contributed by atoms with Crippen molar-refractivity contribution in [1.29, 1.82) is 0 Å². The second kappa shape index (κ2) is 7.39. The number of nitrogens with one attached hydrogen (secondary N) is 1. The number of hydrogen-bond donors (Lipinski definition) is 2. The van der Waals surface area contributed by atoms with Gasteiger partial charge in [-0.2, -0.15) is 0 Å². The zero-order valence-corrected chi connectivity index (χ0v) is 15.7. The molecule has 2 aromatic rings. The molecule has 0 aromatic heterocycles. The van der Waals surface area contributed by atoms with E-state index in [4.69, 9.17) is 16.7 Å². The summed E-state index contributed by atoms with van der Waals surface area (Å²) in [6, 6.07) is 13.6. The quantitative estimate of drug-likeness (QED) is 0.721. The predicted octanol–water partition coefficient (Wildman–Crippen LogP) is 3.27. The van der Waals surface area contributed by atoms with Crippen LogP contribution in [0.5, 0.6) is 0 Å². The number of carboxylic acid groups (broad SMARTS) is 1. The fraction of sp³-hybridized carbons (Fsp3) is 0.316. The summed E-state index contributed by atoms with van der Waals surface area (Å²) >= 11 is 5.80. The highest BCUT2D eigenvalue weighted by molar-refractivity contribution is 7.89. The fourth-order valence-corrected chi connectivity index (χ4v) is 4.20. The number of sulfonamides is 1. The molecule has 1 aliphatic carbocycles. The first kappa shape index (κ1) is 18.9. The number of benzene rings is 2. The van der Waals surface area contributed by atoms with Gasteiger partial charge < -0.3 is 5.11 Å². The number of carboxylic acids is 1. The zero-order chi connectivity index (χ0) is 18.8. The molecule has 5 nitrogen and oxygen atoms in total. The summed E-state index contributed by atoms with van der Waals surface area (Å²) in [6.45, 7) is 0.384. The lowest BCUT2D eigenvalue weighted by Gasteiger charge is -2.16. The Hall–Kier alpha value is -1.89. The average Bonchev–Trinajstić information content (AvgIpc) is 3.35. The van der Waals surface area contributed by atoms with Crippen molar-refractivity contribution in [3.05, 3.63) is 64.7 Å². The number of hydrogen-bond acceptors (Lipinski definition) is 3. The lowest BCUT2D eigenvalue weighted by atomic mass is 9.96. The van der Waals surface area contributed by atoms with E-state index < -0.39 is 16.0 Å². The van der Waals surface area contributed by atoms with E-state index >= 15 is 0 Å². The van der Waals surface area contributed by atoms with E-state index in [2.05, 4.69) is 4.72 Å². The van der Waals surface area contributed by atoms with Crippen LogP contribution in [0, 0.1) is 5.41 Å². The Morgan fingerprint density at radius 1 is 1.04 bits per heavy atom. The van der Waals surface area contributed by atoms with Crippen LogP contribution in [0.3, 0.4) is 0 Å². The molecule has 1 fully saturated rings. The standard InChI is InChI=1S/C19H20ClNO4S/c20-16-5-7-17(8-6-16)26(24,25)21-13-19(9-10-19)12-15-3-1-14(2-4-15)11-18(22)23/h1-8,21H,9-13H2,(H,22,23). The van der Waals surface area contributed by atoms with Crippen LogP contribution >= 0.6 is 11.6 Å². The Bertz CT molecular complexity index is 888. The summed E-state index contributed by atoms with van der Waals surface area (Å²) in [4.78, 5) is 10.9. The topological polar surface area (TPSA) is 83.5 Å². The maximum absolute atomic E-state index is 12.4. The van der Waals surface area contributed by atoms with Crippen LogP contribution in [-0.4, -0.2) is 26.0 Å². The van der Waals surface area contributed by atoms with Crippen LogP contribution in [0.25, 0.3) is 0 Å². The van der Waals surface area contributed by atoms with Crippen molar-refractivity contribution in [3.8, 4) is 0 Å². The smallest absolute Gasteiger partial charge is 0.307 e. The van der Waals surface area contributed by atoms with Gasteiger partial charge in [-0.25, -0.2) is 13.1 Å². The van der Waals surface area contributed by atoms with E-state index in [1.54, 1.807) is 12.1 Å². The Kier molecular flexibility index (Phi) is 5.37. The first-order valence-corrected chi connectivity index (χ1v) is 10.2. The monoisotopic (exact) mass is 393 g/mol. The van der Waals surface area contributed by atoms with Crippen LogP contribution in [0.4, 0.5) is 0 Å². The van der Waals surface area contributed by atoms with Gasteiger partial charge in [0, 0.05) is 11.6 Å². The summed E-state index contributed by atoms with van der Waals surface area (Å²) < 4.78 is 27.5. The highest BCUT2D eigenvalue weighted by Gasteiger charge is 2.43. The summed E-state index contributed by atoms with van der Waals surface area (Å²) in [5.74, 6) is -0.854. The van der Waals surface area contributed by atoms with Crippen LogP contribution in [-0.2, 0) is 27.7 Å². The first-order chi connectivity index (χ1) is 12.3. The molecular formula is C19H20ClNO4S. The average molecular weight is 394 g/mol. The third kappa shape index (κ3) is 4.84. The molecule has 3 rings (SSSR count). The molecule has 1 saturated carbocycles. The highest BCUT2D eigenvalue weighted by Crippen LogP contribution is 2.48. The first-order valence-electron chi connectivity index (χ1n) is 8.33. The van der Waals surface area contributed by atoms with Gasteiger partial charge in [0.25, 0.3) is 0 Å². The van der Waals surface area contributed by atoms with Crippen LogP contribution < -0.4 is 4.72 Å². The van der Waals surface area contributed by atoms with Gasteiger partial charge in [0.2, 0.25) is 10.0 Å². The summed E-state index contributed by atoms with van der Waals surface area (Å²) in [6.07, 6.45) is 2.70. The molecule has 0 bridgehead atoms. The van der Waals surface area contributed by atoms with Gasteiger partial charge >= 0.3 is 5.97 Å². The molecule has 7 heteroatoms. The Morgan fingerprint density at radius 3 is 2.15 bits per heavy atom. The van der Waals surface area contributed by atoms with Gasteiger partial charge in [-0.15, -0.1) is 0 Å². The van der Waals surface area contributed by atoms with Crippen molar-refractivity contribution < 1.29 is 18.3 Å². The third-order valence-corrected chi connectivity index (χ3v) is 6.34. The fourth-order valence-electron chi connectivity index (χ4n) is 2.92. The van der Waals surface area contributed by atoms with E-state index in [0.29, 0.717) is 11.6 Å². The van der Waals surface area contributed by atoms with Gasteiger partial charge in [-0.1, -0.05) is 35.9 Å². The summed E-state index contributed by atoms with van der Waals surface area (Å²) in [5, 5.41) is 9.31. The van der Waals surface area contributed by atoms with Crippen LogP contribution in [0.15, 0.2) is 53.4 Å². The molecule has 2 aromatic carbocycles. The number of halogens is 1. The van der Waals surface area contributed by atoms with Crippen molar-refractivity contribution >= 4 is 27.6 Å². The van der Waals surface area contributed by atoms with Crippen molar-refractivity contribution in [2.24, 2.45) is 5.41 Å². The van der Waals surface area contributed by atoms with E-state index in [9.17, 15) is 13.2 Å². The number of carbonyl (C=O) groups is 1. The highest BCUT2D eigenvalue weighted by atomic mass is 35.5. The second-order valence-electron chi connectivity index (χ2n) is 6.84. The van der Waals surface area contributed by atoms with Crippen molar-refractivity contribution in [1.82, 2.24) is 4.72 Å². The SMILES string of the molecule is O=C(O)Cc1ccc(CC2(CNS(=O)(=O)c3ccc(Cl)cc3)CC2)cc1. The molecule has 0 aliphatic heterocycles. The molecule has 26 heavy (non-hydrogen) atoms. The Morgan fingerprint density at radius 2 is 1.62 bits per heavy atom. The molecule has 0 amide bonds. The second-order valence-corrected chi connectivity index (χ2v) is 9.05. The van der Waals surface area contributed by atoms with Crippen LogP contribution in [0.1, 0.15) is 24.0 Å². The van der Waals surface area contributed by atoms with Crippen molar-refractivity contribution in [2.45, 2.75) is 30.6 Å². The molecular weight excluding hydrogens is 374 g/mol. The van der Waals surface area contributed by atoms with Gasteiger partial charge in [-0.05, 0) is 60.1 Å². The van der Waals surface area contributed by atoms with E-state index in [-0.39, 0.29) is 16.7 Å². The number of aliphatic carboxylic acids is 1. The third-order valence-electron chi connectivity index (χ3n) is 4.68. The molecule has 0 unspecified atom stereocenters. The Balaban J connectivity index is 1.61. The normalized spacial score (nSPS) is 15.6. The van der Waals surface area contributed by atoms with Crippen molar-refractivity contribution in [2.75, 3.05) is 6.54 Å². The molecule has 0 atom stereocenters. The minimum atomic E-state index is -3.56. The summed E-state index contributed by atoms with van der Waals surface area (Å²) in [5.41, 5.74) is 1.78. The molecule has 138 valence electrons. The molecule has 0 spiro atoms. The van der Waals surface area contributed by atoms with E-state index in [1.807, 2.05) is 24.3 Å². The molecule has 1 aliphatic rings. The molecule has 0 radical (unpaired) electrons. The maximum Gasteiger partial charge on any atom is 0.307 e. The lowest BCUT2D eigenvalue weighted by Crippen LogP contribution is -2.31. The largest absolute Gasteiger partial charge is 0.481 e.